The van der Waals surface area contributed by atoms with Gasteiger partial charge in [-0.05, 0) is 70.9 Å². The molecule has 0 bridgehead atoms. The van der Waals surface area contributed by atoms with Gasteiger partial charge in [0.25, 0.3) is 5.91 Å². The number of carboxylic acid groups (broad SMARTS) is 1. The first-order chi connectivity index (χ1) is 19.3. The third-order valence-corrected chi connectivity index (χ3v) is 6.89. The number of halogens is 2. The Labute approximate surface area is 240 Å². The molecule has 0 fully saturated rings. The molecule has 1 amide bonds. The topological polar surface area (TPSA) is 93.5 Å². The number of aliphatic carboxylic acids is 1. The van der Waals surface area contributed by atoms with Gasteiger partial charge >= 0.3 is 5.97 Å². The van der Waals surface area contributed by atoms with Crippen LogP contribution in [0, 0.1) is 0 Å². The van der Waals surface area contributed by atoms with Crippen molar-refractivity contribution in [2.24, 2.45) is 0 Å². The number of rotatable bonds is 9. The molecule has 1 aromatic heterocycles. The summed E-state index contributed by atoms with van der Waals surface area (Å²) in [6, 6.07) is 26.7. The Morgan fingerprint density at radius 2 is 1.57 bits per heavy atom. The summed E-state index contributed by atoms with van der Waals surface area (Å²) in [5.74, 6) is -0.485. The van der Waals surface area contributed by atoms with E-state index in [0.29, 0.717) is 22.2 Å². The normalized spacial score (nSPS) is 11.0. The number of benzene rings is 4. The number of fused-ring (bicyclic) bond motifs is 1. The molecule has 0 aliphatic rings. The summed E-state index contributed by atoms with van der Waals surface area (Å²) in [6.07, 6.45) is -0.131. The zero-order chi connectivity index (χ0) is 28.2. The summed E-state index contributed by atoms with van der Waals surface area (Å²) < 4.78 is 7.28. The number of amides is 1. The largest absolute Gasteiger partial charge is 0.497 e. The van der Waals surface area contributed by atoms with E-state index < -0.39 is 5.97 Å². The van der Waals surface area contributed by atoms with E-state index in [-0.39, 0.29) is 18.9 Å². The van der Waals surface area contributed by atoms with Crippen LogP contribution in [0.5, 0.6) is 5.75 Å². The maximum Gasteiger partial charge on any atom is 0.305 e. The second-order valence-electron chi connectivity index (χ2n) is 9.26. The molecule has 0 radical (unpaired) electrons. The first kappa shape index (κ1) is 27.2. The van der Waals surface area contributed by atoms with E-state index in [1.54, 1.807) is 25.3 Å². The van der Waals surface area contributed by atoms with Gasteiger partial charge in [0.05, 0.1) is 31.5 Å². The molecule has 0 atom stereocenters. The molecule has 40 heavy (non-hydrogen) atoms. The lowest BCUT2D eigenvalue weighted by molar-refractivity contribution is -0.136. The first-order valence-electron chi connectivity index (χ1n) is 12.5. The molecular weight excluding hydrogens is 549 g/mol. The minimum absolute atomic E-state index is 0.0708. The van der Waals surface area contributed by atoms with Crippen molar-refractivity contribution in [2.75, 3.05) is 13.7 Å². The smallest absolute Gasteiger partial charge is 0.305 e. The molecule has 202 valence electrons. The Kier molecular flexibility index (Phi) is 8.05. The van der Waals surface area contributed by atoms with Crippen LogP contribution >= 0.6 is 23.2 Å². The van der Waals surface area contributed by atoms with Crippen LogP contribution < -0.4 is 10.1 Å². The third kappa shape index (κ3) is 6.28. The van der Waals surface area contributed by atoms with Crippen LogP contribution in [0.4, 0.5) is 0 Å². The molecule has 0 saturated heterocycles. The second kappa shape index (κ2) is 11.8. The SMILES string of the molecule is COc1ccc2cc(-c3cc(-c4cc(Cl)cc(Cl)c4)nn3Cc3ccc(C(=O)NCCC(=O)O)cc3)ccc2c1. The van der Waals surface area contributed by atoms with Crippen molar-refractivity contribution in [3.8, 4) is 28.3 Å². The summed E-state index contributed by atoms with van der Waals surface area (Å²) >= 11 is 12.6. The molecule has 9 heteroatoms. The minimum Gasteiger partial charge on any atom is -0.497 e. The fourth-order valence-corrected chi connectivity index (χ4v) is 4.97. The Morgan fingerprint density at radius 3 is 2.27 bits per heavy atom. The highest BCUT2D eigenvalue weighted by molar-refractivity contribution is 6.35. The van der Waals surface area contributed by atoms with Crippen molar-refractivity contribution in [1.29, 1.82) is 0 Å². The third-order valence-electron chi connectivity index (χ3n) is 6.45. The number of nitrogens with zero attached hydrogens (tertiary/aromatic N) is 2. The summed E-state index contributed by atoms with van der Waals surface area (Å²) in [4.78, 5) is 23.1. The van der Waals surface area contributed by atoms with Crippen molar-refractivity contribution in [3.05, 3.63) is 106 Å². The molecule has 0 aliphatic carbocycles. The van der Waals surface area contributed by atoms with Gasteiger partial charge in [0.15, 0.2) is 0 Å². The van der Waals surface area contributed by atoms with Crippen LogP contribution in [0.3, 0.4) is 0 Å². The molecule has 4 aromatic carbocycles. The van der Waals surface area contributed by atoms with E-state index in [4.69, 9.17) is 38.1 Å². The van der Waals surface area contributed by atoms with E-state index in [9.17, 15) is 9.59 Å². The number of carboxylic acids is 1. The lowest BCUT2D eigenvalue weighted by atomic mass is 10.0. The number of hydrogen-bond donors (Lipinski definition) is 2. The average molecular weight is 574 g/mol. The fraction of sp³-hybridized carbons (Fsp3) is 0.129. The van der Waals surface area contributed by atoms with Gasteiger partial charge in [-0.2, -0.15) is 5.10 Å². The first-order valence-corrected chi connectivity index (χ1v) is 13.3. The zero-order valence-corrected chi connectivity index (χ0v) is 23.0. The minimum atomic E-state index is -0.962. The van der Waals surface area contributed by atoms with Crippen LogP contribution in [-0.4, -0.2) is 40.4 Å². The summed E-state index contributed by atoms with van der Waals surface area (Å²) in [5.41, 5.74) is 4.81. The molecule has 0 unspecified atom stereocenters. The predicted molar refractivity (Wildman–Crippen MR) is 157 cm³/mol. The number of nitrogens with one attached hydrogen (secondary N) is 1. The van der Waals surface area contributed by atoms with Crippen LogP contribution in [0.1, 0.15) is 22.3 Å². The van der Waals surface area contributed by atoms with Gasteiger partial charge in [-0.3, -0.25) is 14.3 Å². The van der Waals surface area contributed by atoms with Crippen LogP contribution in [0.15, 0.2) is 84.9 Å². The van der Waals surface area contributed by atoms with Gasteiger partial charge in [-0.1, -0.05) is 53.5 Å². The Bertz CT molecular complexity index is 1690. The highest BCUT2D eigenvalue weighted by Crippen LogP contribution is 2.32. The lowest BCUT2D eigenvalue weighted by Gasteiger charge is -2.10. The Hall–Kier alpha value is -4.33. The molecule has 2 N–H and O–H groups in total. The number of carbonyl (C=O) groups excluding carboxylic acids is 1. The van der Waals surface area contributed by atoms with Gasteiger partial charge in [0.2, 0.25) is 0 Å². The van der Waals surface area contributed by atoms with Gasteiger partial charge in [-0.25, -0.2) is 0 Å². The number of aromatic nitrogens is 2. The van der Waals surface area contributed by atoms with Gasteiger partial charge in [-0.15, -0.1) is 0 Å². The molecule has 0 saturated carbocycles. The van der Waals surface area contributed by atoms with Crippen molar-refractivity contribution in [3.63, 3.8) is 0 Å². The van der Waals surface area contributed by atoms with Crippen molar-refractivity contribution in [2.45, 2.75) is 13.0 Å². The van der Waals surface area contributed by atoms with Crippen molar-refractivity contribution in [1.82, 2.24) is 15.1 Å². The van der Waals surface area contributed by atoms with E-state index in [2.05, 4.69) is 23.5 Å². The number of carbonyl (C=O) groups is 2. The van der Waals surface area contributed by atoms with Gasteiger partial charge < -0.3 is 15.2 Å². The van der Waals surface area contributed by atoms with Crippen LogP contribution in [0.2, 0.25) is 10.0 Å². The molecule has 0 spiro atoms. The molecule has 1 heterocycles. The predicted octanol–water partition coefficient (Wildman–Crippen LogP) is 6.94. The number of hydrogen-bond acceptors (Lipinski definition) is 4. The van der Waals surface area contributed by atoms with E-state index in [1.165, 1.54) is 0 Å². The van der Waals surface area contributed by atoms with E-state index in [1.807, 2.05) is 53.2 Å². The Balaban J connectivity index is 1.48. The quantitative estimate of drug-likeness (QED) is 0.199. The molecule has 5 rings (SSSR count). The summed E-state index contributed by atoms with van der Waals surface area (Å²) in [5, 5.41) is 19.5. The second-order valence-corrected chi connectivity index (χ2v) is 10.1. The van der Waals surface area contributed by atoms with E-state index in [0.717, 1.165) is 44.6 Å². The Morgan fingerprint density at radius 1 is 0.875 bits per heavy atom. The van der Waals surface area contributed by atoms with Crippen molar-refractivity contribution >= 4 is 45.9 Å². The molecule has 7 nitrogen and oxygen atoms in total. The highest BCUT2D eigenvalue weighted by atomic mass is 35.5. The maximum atomic E-state index is 12.3. The van der Waals surface area contributed by atoms with E-state index >= 15 is 0 Å². The van der Waals surface area contributed by atoms with Gasteiger partial charge in [0, 0.05) is 33.3 Å². The van der Waals surface area contributed by atoms with Crippen LogP contribution in [0.25, 0.3) is 33.3 Å². The number of methoxy groups -OCH3 is 1. The molecule has 5 aromatic rings. The van der Waals surface area contributed by atoms with Gasteiger partial charge in [0.1, 0.15) is 5.75 Å². The zero-order valence-electron chi connectivity index (χ0n) is 21.5. The lowest BCUT2D eigenvalue weighted by Crippen LogP contribution is -2.25. The maximum absolute atomic E-state index is 12.3. The highest BCUT2D eigenvalue weighted by Gasteiger charge is 2.15. The van der Waals surface area contributed by atoms with Crippen molar-refractivity contribution < 1.29 is 19.4 Å². The summed E-state index contributed by atoms with van der Waals surface area (Å²) in [6.45, 7) is 0.520. The fourth-order valence-electron chi connectivity index (χ4n) is 4.44. The monoisotopic (exact) mass is 573 g/mol. The molecule has 0 aliphatic heterocycles. The molecular formula is C31H25Cl2N3O4. The average Bonchev–Trinajstić information content (AvgIpc) is 3.36. The van der Waals surface area contributed by atoms with Crippen LogP contribution in [-0.2, 0) is 11.3 Å². The standard InChI is InChI=1S/C31H25Cl2N3O4/c1-40-27-9-8-21-12-23(7-6-22(21)15-27)29-17-28(24-13-25(32)16-26(33)14-24)35-36(29)18-19-2-4-20(5-3-19)31(39)34-11-10-30(37)38/h2-9,12-17H,10-11,18H2,1H3,(H,34,39)(H,37,38). The summed E-state index contributed by atoms with van der Waals surface area (Å²) in [7, 11) is 1.65. The number of ether oxygens (including phenoxy) is 1.